The van der Waals surface area contributed by atoms with E-state index < -0.39 is 9.84 Å². The molecule has 0 saturated carbocycles. The van der Waals surface area contributed by atoms with Crippen LogP contribution >= 0.6 is 0 Å². The Balaban J connectivity index is 2.26. The summed E-state index contributed by atoms with van der Waals surface area (Å²) in [6.07, 6.45) is 0. The van der Waals surface area contributed by atoms with Gasteiger partial charge in [-0.15, -0.1) is 0 Å². The third-order valence-corrected chi connectivity index (χ3v) is 4.87. The van der Waals surface area contributed by atoms with Gasteiger partial charge in [0.2, 0.25) is 0 Å². The van der Waals surface area contributed by atoms with Crippen LogP contribution in [0.15, 0.2) is 12.1 Å². The van der Waals surface area contributed by atoms with Gasteiger partial charge in [0.1, 0.15) is 5.82 Å². The van der Waals surface area contributed by atoms with Crippen molar-refractivity contribution in [3.63, 3.8) is 0 Å². The van der Waals surface area contributed by atoms with E-state index in [0.29, 0.717) is 12.2 Å². The van der Waals surface area contributed by atoms with Crippen LogP contribution in [0, 0.1) is 6.92 Å². The molecule has 1 aliphatic heterocycles. The first kappa shape index (κ1) is 12.2. The van der Waals surface area contributed by atoms with Crippen molar-refractivity contribution in [3.8, 4) is 0 Å². The zero-order chi connectivity index (χ0) is 12.6. The van der Waals surface area contributed by atoms with Gasteiger partial charge in [-0.3, -0.25) is 0 Å². The largest absolute Gasteiger partial charge is 0.397 e. The average Bonchev–Trinajstić information content (AvgIpc) is 2.21. The Kier molecular flexibility index (Phi) is 2.99. The summed E-state index contributed by atoms with van der Waals surface area (Å²) in [4.78, 5) is 6.42. The van der Waals surface area contributed by atoms with Crippen LogP contribution in [-0.2, 0) is 9.84 Å². The number of nitrogens with zero attached hydrogens (tertiary/aromatic N) is 2. The highest BCUT2D eigenvalue weighted by Crippen LogP contribution is 2.21. The lowest BCUT2D eigenvalue weighted by Crippen LogP contribution is -2.47. The second-order valence-electron chi connectivity index (χ2n) is 4.50. The van der Waals surface area contributed by atoms with E-state index >= 15 is 0 Å². The van der Waals surface area contributed by atoms with Crippen molar-refractivity contribution in [1.29, 1.82) is 0 Å². The Morgan fingerprint density at radius 3 is 2.76 bits per heavy atom. The number of pyridine rings is 1. The molecule has 0 amide bonds. The molecule has 1 aromatic rings. The van der Waals surface area contributed by atoms with Gasteiger partial charge in [-0.05, 0) is 26.0 Å². The average molecular weight is 255 g/mol. The summed E-state index contributed by atoms with van der Waals surface area (Å²) < 4.78 is 23.0. The van der Waals surface area contributed by atoms with Crippen molar-refractivity contribution in [2.24, 2.45) is 0 Å². The van der Waals surface area contributed by atoms with Crippen LogP contribution in [-0.4, -0.2) is 37.5 Å². The SMILES string of the molecule is Cc1nc(N2CCS(=O)(=O)CC2C)ccc1N. The molecule has 1 atom stereocenters. The van der Waals surface area contributed by atoms with Crippen LogP contribution in [0.3, 0.4) is 0 Å². The maximum Gasteiger partial charge on any atom is 0.154 e. The summed E-state index contributed by atoms with van der Waals surface area (Å²) in [5.41, 5.74) is 7.16. The molecule has 1 saturated heterocycles. The van der Waals surface area contributed by atoms with Crippen molar-refractivity contribution >= 4 is 21.3 Å². The number of rotatable bonds is 1. The van der Waals surface area contributed by atoms with E-state index in [-0.39, 0.29) is 17.5 Å². The molecule has 2 heterocycles. The number of anilines is 2. The molecule has 0 radical (unpaired) electrons. The van der Waals surface area contributed by atoms with Crippen LogP contribution < -0.4 is 10.6 Å². The Hall–Kier alpha value is -1.30. The van der Waals surface area contributed by atoms with Gasteiger partial charge in [0.15, 0.2) is 9.84 Å². The van der Waals surface area contributed by atoms with Crippen molar-refractivity contribution < 1.29 is 8.42 Å². The molecule has 17 heavy (non-hydrogen) atoms. The van der Waals surface area contributed by atoms with E-state index in [0.717, 1.165) is 11.5 Å². The Morgan fingerprint density at radius 2 is 2.18 bits per heavy atom. The van der Waals surface area contributed by atoms with Gasteiger partial charge in [0, 0.05) is 12.6 Å². The van der Waals surface area contributed by atoms with Crippen LogP contribution in [0.5, 0.6) is 0 Å². The van der Waals surface area contributed by atoms with Gasteiger partial charge in [-0.2, -0.15) is 0 Å². The predicted molar refractivity (Wildman–Crippen MR) is 68.8 cm³/mol. The zero-order valence-corrected chi connectivity index (χ0v) is 10.9. The third kappa shape index (κ3) is 2.52. The highest BCUT2D eigenvalue weighted by Gasteiger charge is 2.28. The lowest BCUT2D eigenvalue weighted by molar-refractivity contribution is 0.567. The highest BCUT2D eigenvalue weighted by atomic mass is 32.2. The second kappa shape index (κ2) is 4.18. The molecule has 2 N–H and O–H groups in total. The van der Waals surface area contributed by atoms with Crippen LogP contribution in [0.2, 0.25) is 0 Å². The fourth-order valence-corrected chi connectivity index (χ4v) is 3.61. The monoisotopic (exact) mass is 255 g/mol. The Morgan fingerprint density at radius 1 is 1.47 bits per heavy atom. The molecule has 94 valence electrons. The molecule has 5 nitrogen and oxygen atoms in total. The number of hydrogen-bond donors (Lipinski definition) is 1. The zero-order valence-electron chi connectivity index (χ0n) is 10.0. The molecule has 0 aromatic carbocycles. The van der Waals surface area contributed by atoms with Gasteiger partial charge >= 0.3 is 0 Å². The van der Waals surface area contributed by atoms with Gasteiger partial charge in [0.05, 0.1) is 22.9 Å². The molecule has 1 aliphatic rings. The van der Waals surface area contributed by atoms with Gasteiger partial charge in [0.25, 0.3) is 0 Å². The number of sulfone groups is 1. The van der Waals surface area contributed by atoms with E-state index in [9.17, 15) is 8.42 Å². The van der Waals surface area contributed by atoms with E-state index in [4.69, 9.17) is 5.73 Å². The number of aromatic nitrogens is 1. The lowest BCUT2D eigenvalue weighted by atomic mass is 10.2. The van der Waals surface area contributed by atoms with Gasteiger partial charge in [-0.25, -0.2) is 13.4 Å². The molecular formula is C11H17N3O2S. The van der Waals surface area contributed by atoms with E-state index in [1.807, 2.05) is 30.9 Å². The van der Waals surface area contributed by atoms with Crippen molar-refractivity contribution in [2.45, 2.75) is 19.9 Å². The first-order valence-electron chi connectivity index (χ1n) is 5.59. The van der Waals surface area contributed by atoms with Crippen molar-refractivity contribution in [1.82, 2.24) is 4.98 Å². The third-order valence-electron chi connectivity index (χ3n) is 3.08. The molecular weight excluding hydrogens is 238 g/mol. The van der Waals surface area contributed by atoms with E-state index in [1.165, 1.54) is 0 Å². The number of nitrogens with two attached hydrogens (primary N) is 1. The molecule has 1 aromatic heterocycles. The van der Waals surface area contributed by atoms with Crippen LogP contribution in [0.1, 0.15) is 12.6 Å². The minimum absolute atomic E-state index is 0.0377. The summed E-state index contributed by atoms with van der Waals surface area (Å²) in [7, 11) is -2.89. The Labute approximate surface area is 102 Å². The quantitative estimate of drug-likeness (QED) is 0.795. The fourth-order valence-electron chi connectivity index (χ4n) is 2.06. The summed E-state index contributed by atoms with van der Waals surface area (Å²) in [5, 5.41) is 0. The standard InChI is InChI=1S/C11H17N3O2S/c1-8-7-17(15,16)6-5-14(8)11-4-3-10(12)9(2)13-11/h3-4,8H,5-7,12H2,1-2H3. The minimum atomic E-state index is -2.89. The van der Waals surface area contributed by atoms with Crippen LogP contribution in [0.4, 0.5) is 11.5 Å². The maximum absolute atomic E-state index is 11.5. The summed E-state index contributed by atoms with van der Waals surface area (Å²) in [5.74, 6) is 1.19. The summed E-state index contributed by atoms with van der Waals surface area (Å²) >= 11 is 0. The van der Waals surface area contributed by atoms with Crippen LogP contribution in [0.25, 0.3) is 0 Å². The van der Waals surface area contributed by atoms with Crippen molar-refractivity contribution in [3.05, 3.63) is 17.8 Å². The summed E-state index contributed by atoms with van der Waals surface area (Å²) in [6, 6.07) is 3.62. The minimum Gasteiger partial charge on any atom is -0.397 e. The topological polar surface area (TPSA) is 76.3 Å². The smallest absolute Gasteiger partial charge is 0.154 e. The summed E-state index contributed by atoms with van der Waals surface area (Å²) in [6.45, 7) is 4.26. The molecule has 1 unspecified atom stereocenters. The van der Waals surface area contributed by atoms with Gasteiger partial charge < -0.3 is 10.6 Å². The molecule has 0 aliphatic carbocycles. The fraction of sp³-hybridized carbons (Fsp3) is 0.545. The predicted octanol–water partition coefficient (Wildman–Crippen LogP) is 0.596. The number of aryl methyl sites for hydroxylation is 1. The Bertz CT molecular complexity index is 528. The van der Waals surface area contributed by atoms with Crippen molar-refractivity contribution in [2.75, 3.05) is 28.7 Å². The lowest BCUT2D eigenvalue weighted by Gasteiger charge is -2.34. The number of hydrogen-bond acceptors (Lipinski definition) is 5. The molecule has 0 bridgehead atoms. The second-order valence-corrected chi connectivity index (χ2v) is 6.73. The molecule has 0 spiro atoms. The van der Waals surface area contributed by atoms with E-state index in [1.54, 1.807) is 0 Å². The highest BCUT2D eigenvalue weighted by molar-refractivity contribution is 7.91. The maximum atomic E-state index is 11.5. The van der Waals surface area contributed by atoms with E-state index in [2.05, 4.69) is 4.98 Å². The first-order valence-corrected chi connectivity index (χ1v) is 7.41. The normalized spacial score (nSPS) is 23.6. The van der Waals surface area contributed by atoms with Gasteiger partial charge in [-0.1, -0.05) is 0 Å². The molecule has 2 rings (SSSR count). The number of nitrogen functional groups attached to an aromatic ring is 1. The molecule has 6 heteroatoms. The molecule has 1 fully saturated rings. The first-order chi connectivity index (χ1) is 7.89.